The Bertz CT molecular complexity index is 505. The van der Waals surface area contributed by atoms with Crippen molar-refractivity contribution in [3.05, 3.63) is 52.1 Å². The van der Waals surface area contributed by atoms with Gasteiger partial charge in [0.05, 0.1) is 19.1 Å². The summed E-state index contributed by atoms with van der Waals surface area (Å²) in [5.74, 6) is 0. The quantitative estimate of drug-likeness (QED) is 0.670. The van der Waals surface area contributed by atoms with Crippen LogP contribution in [0, 0.1) is 0 Å². The first-order valence-electron chi connectivity index (χ1n) is 6.33. The molecule has 0 unspecified atom stereocenters. The van der Waals surface area contributed by atoms with Gasteiger partial charge >= 0.3 is 0 Å². The Labute approximate surface area is 115 Å². The van der Waals surface area contributed by atoms with Crippen LogP contribution in [0.15, 0.2) is 46.5 Å². The van der Waals surface area contributed by atoms with E-state index < -0.39 is 0 Å². The predicted molar refractivity (Wildman–Crippen MR) is 79.4 cm³/mol. The lowest BCUT2D eigenvalue weighted by Crippen LogP contribution is -2.45. The van der Waals surface area contributed by atoms with Gasteiger partial charge in [-0.15, -0.1) is 0 Å². The molecule has 1 aliphatic rings. The molecule has 0 amide bonds. The molecule has 1 aliphatic heterocycles. The van der Waals surface area contributed by atoms with Crippen molar-refractivity contribution in [2.75, 3.05) is 27.2 Å². The average Bonchev–Trinajstić information content (AvgIpc) is 2.27. The molecule has 0 saturated carbocycles. The molecule has 0 spiro atoms. The first-order chi connectivity index (χ1) is 8.41. The monoisotopic (exact) mass is 262 g/mol. The number of benzene rings is 1. The lowest BCUT2D eigenvalue weighted by molar-refractivity contribution is -0.881. The molecule has 0 saturated heterocycles. The second-order valence-electron chi connectivity index (χ2n) is 5.88. The maximum atomic E-state index is 6.57. The topological polar surface area (TPSA) is 0 Å². The highest BCUT2D eigenvalue weighted by Gasteiger charge is 2.30. The molecule has 1 heterocycles. The zero-order valence-electron chi connectivity index (χ0n) is 11.6. The number of likely N-dealkylation sites (N-methyl/N-ethyl adjacent to an activating group) is 1. The van der Waals surface area contributed by atoms with Crippen LogP contribution in [0.25, 0.3) is 5.57 Å². The second-order valence-corrected chi connectivity index (χ2v) is 6.33. The van der Waals surface area contributed by atoms with Crippen LogP contribution in [-0.2, 0) is 0 Å². The van der Waals surface area contributed by atoms with Crippen molar-refractivity contribution in [2.45, 2.75) is 13.8 Å². The number of nitrogens with zero attached hydrogens (tertiary/aromatic N) is 1. The van der Waals surface area contributed by atoms with Crippen molar-refractivity contribution in [3.63, 3.8) is 0 Å². The second kappa shape index (κ2) is 4.91. The van der Waals surface area contributed by atoms with Gasteiger partial charge in [0.2, 0.25) is 0 Å². The van der Waals surface area contributed by atoms with Crippen LogP contribution in [0.3, 0.4) is 0 Å². The van der Waals surface area contributed by atoms with Crippen LogP contribution in [0.4, 0.5) is 0 Å². The van der Waals surface area contributed by atoms with Gasteiger partial charge in [-0.2, -0.15) is 0 Å². The first-order valence-corrected chi connectivity index (χ1v) is 6.71. The molecule has 18 heavy (non-hydrogen) atoms. The molecular weight excluding hydrogens is 242 g/mol. The van der Waals surface area contributed by atoms with Gasteiger partial charge in [-0.05, 0) is 19.4 Å². The molecule has 1 aromatic carbocycles. The minimum absolute atomic E-state index is 0.905. The van der Waals surface area contributed by atoms with Gasteiger partial charge in [-0.3, -0.25) is 0 Å². The minimum Gasteiger partial charge on any atom is -0.320 e. The third-order valence-electron chi connectivity index (χ3n) is 3.39. The molecule has 2 heteroatoms. The SMILES string of the molecule is CC(C)=C1C[N+](C)(C)CC(Cl)=C1c1ccccc1. The summed E-state index contributed by atoms with van der Waals surface area (Å²) in [5.41, 5.74) is 5.23. The number of hydrogen-bond donors (Lipinski definition) is 0. The average molecular weight is 263 g/mol. The minimum atomic E-state index is 0.905. The van der Waals surface area contributed by atoms with E-state index in [4.69, 9.17) is 11.6 Å². The van der Waals surface area contributed by atoms with Gasteiger partial charge < -0.3 is 4.48 Å². The molecule has 2 rings (SSSR count). The molecule has 0 fully saturated rings. The zero-order chi connectivity index (χ0) is 13.3. The maximum Gasteiger partial charge on any atom is 0.116 e. The van der Waals surface area contributed by atoms with Crippen LogP contribution in [0.2, 0.25) is 0 Å². The van der Waals surface area contributed by atoms with Crippen molar-refractivity contribution >= 4 is 17.2 Å². The lowest BCUT2D eigenvalue weighted by Gasteiger charge is -2.36. The van der Waals surface area contributed by atoms with Gasteiger partial charge in [0.1, 0.15) is 13.1 Å². The zero-order valence-corrected chi connectivity index (χ0v) is 12.4. The first kappa shape index (κ1) is 13.4. The largest absolute Gasteiger partial charge is 0.320 e. The molecule has 0 aliphatic carbocycles. The van der Waals surface area contributed by atoms with Crippen molar-refractivity contribution in [1.82, 2.24) is 0 Å². The number of quaternary nitrogens is 1. The fourth-order valence-electron chi connectivity index (χ4n) is 2.53. The molecule has 0 atom stereocenters. The molecule has 0 bridgehead atoms. The summed E-state index contributed by atoms with van der Waals surface area (Å²) < 4.78 is 0.926. The van der Waals surface area contributed by atoms with Gasteiger partial charge in [0, 0.05) is 11.1 Å². The van der Waals surface area contributed by atoms with E-state index in [1.807, 2.05) is 6.07 Å². The molecule has 96 valence electrons. The molecule has 1 aromatic rings. The van der Waals surface area contributed by atoms with Gasteiger partial charge in [0.25, 0.3) is 0 Å². The normalized spacial score (nSPS) is 19.1. The number of halogens is 1. The smallest absolute Gasteiger partial charge is 0.116 e. The fraction of sp³-hybridized carbons (Fsp3) is 0.375. The Balaban J connectivity index is 2.59. The van der Waals surface area contributed by atoms with Crippen LogP contribution < -0.4 is 0 Å². The molecular formula is C16H21ClN+. The van der Waals surface area contributed by atoms with Crippen LogP contribution in [0.5, 0.6) is 0 Å². The highest BCUT2D eigenvalue weighted by atomic mass is 35.5. The highest BCUT2D eigenvalue weighted by molar-refractivity contribution is 6.33. The molecule has 0 radical (unpaired) electrons. The lowest BCUT2D eigenvalue weighted by atomic mass is 9.90. The van der Waals surface area contributed by atoms with Gasteiger partial charge in [0.15, 0.2) is 0 Å². The Morgan fingerprint density at radius 3 is 2.22 bits per heavy atom. The van der Waals surface area contributed by atoms with E-state index in [0.29, 0.717) is 0 Å². The molecule has 0 aromatic heterocycles. The highest BCUT2D eigenvalue weighted by Crippen LogP contribution is 2.36. The van der Waals surface area contributed by atoms with Crippen molar-refractivity contribution in [3.8, 4) is 0 Å². The number of rotatable bonds is 1. The summed E-state index contributed by atoms with van der Waals surface area (Å²) in [6.07, 6.45) is 0. The van der Waals surface area contributed by atoms with Crippen LogP contribution >= 0.6 is 11.6 Å². The van der Waals surface area contributed by atoms with Crippen LogP contribution in [-0.4, -0.2) is 31.7 Å². The van der Waals surface area contributed by atoms with E-state index in [0.717, 1.165) is 22.6 Å². The van der Waals surface area contributed by atoms with Gasteiger partial charge in [-0.25, -0.2) is 0 Å². The molecule has 1 nitrogen and oxygen atoms in total. The van der Waals surface area contributed by atoms with E-state index in [9.17, 15) is 0 Å². The van der Waals surface area contributed by atoms with E-state index >= 15 is 0 Å². The third-order valence-corrected chi connectivity index (χ3v) is 3.70. The maximum absolute atomic E-state index is 6.57. The van der Waals surface area contributed by atoms with E-state index in [1.165, 1.54) is 22.3 Å². The van der Waals surface area contributed by atoms with E-state index in [-0.39, 0.29) is 0 Å². The van der Waals surface area contributed by atoms with E-state index in [2.05, 4.69) is 52.2 Å². The summed E-state index contributed by atoms with van der Waals surface area (Å²) in [6.45, 7) is 6.30. The van der Waals surface area contributed by atoms with Gasteiger partial charge in [-0.1, -0.05) is 47.5 Å². The van der Waals surface area contributed by atoms with Crippen molar-refractivity contribution in [1.29, 1.82) is 0 Å². The summed E-state index contributed by atoms with van der Waals surface area (Å²) in [5, 5.41) is 0.980. The summed E-state index contributed by atoms with van der Waals surface area (Å²) in [7, 11) is 4.46. The van der Waals surface area contributed by atoms with Crippen molar-refractivity contribution < 1.29 is 4.48 Å². The summed E-state index contributed by atoms with van der Waals surface area (Å²) in [6, 6.07) is 10.5. The Morgan fingerprint density at radius 1 is 1.06 bits per heavy atom. The standard InChI is InChI=1S/C16H21ClN/c1-12(2)14-10-18(3,4)11-15(17)16(14)13-8-6-5-7-9-13/h5-9H,10-11H2,1-4H3/q+1. The summed E-state index contributed by atoms with van der Waals surface area (Å²) in [4.78, 5) is 0. The number of allylic oxidation sites excluding steroid dienone is 1. The Kier molecular flexibility index (Phi) is 3.65. The van der Waals surface area contributed by atoms with Crippen molar-refractivity contribution in [2.24, 2.45) is 0 Å². The fourth-order valence-corrected chi connectivity index (χ4v) is 3.07. The Morgan fingerprint density at radius 2 is 1.67 bits per heavy atom. The van der Waals surface area contributed by atoms with Crippen LogP contribution in [0.1, 0.15) is 19.4 Å². The third kappa shape index (κ3) is 2.68. The molecule has 0 N–H and O–H groups in total. The van der Waals surface area contributed by atoms with E-state index in [1.54, 1.807) is 0 Å². The summed E-state index contributed by atoms with van der Waals surface area (Å²) >= 11 is 6.57. The number of hydrogen-bond acceptors (Lipinski definition) is 0. The Hall–Kier alpha value is -1.05. The predicted octanol–water partition coefficient (Wildman–Crippen LogP) is 4.06.